The Hall–Kier alpha value is -3.28. The first-order valence-corrected chi connectivity index (χ1v) is 12.7. The molecule has 2 heterocycles. The molecule has 0 bridgehead atoms. The predicted octanol–water partition coefficient (Wildman–Crippen LogP) is -2.74. The normalized spacial score (nSPS) is 20.9. The largest absolute Gasteiger partial charge is 1.00 e. The molecule has 42 heavy (non-hydrogen) atoms. The van der Waals surface area contributed by atoms with Gasteiger partial charge in [0, 0.05) is 23.7 Å². The van der Waals surface area contributed by atoms with Gasteiger partial charge in [-0.05, 0) is 12.8 Å². The summed E-state index contributed by atoms with van der Waals surface area (Å²) in [5.41, 5.74) is -1.78. The molecule has 0 aromatic carbocycles. The van der Waals surface area contributed by atoms with E-state index < -0.39 is 82.3 Å². The molecule has 232 valence electrons. The fraction of sp³-hybridized carbons (Fsp3) is 0.692. The van der Waals surface area contributed by atoms with Gasteiger partial charge in [0.1, 0.15) is 24.2 Å². The molecule has 16 heteroatoms. The number of ketones is 2. The molecule has 4 atom stereocenters. The van der Waals surface area contributed by atoms with Crippen molar-refractivity contribution in [3.8, 4) is 0 Å². The summed E-state index contributed by atoms with van der Waals surface area (Å²) in [6.07, 6.45) is 0.805. The zero-order chi connectivity index (χ0) is 31.3. The molecule has 0 aromatic rings. The van der Waals surface area contributed by atoms with Crippen LogP contribution in [0.25, 0.3) is 0 Å². The fourth-order valence-electron chi connectivity index (χ4n) is 3.87. The molecule has 2 fully saturated rings. The molecular weight excluding hydrogens is 555 g/mol. The minimum atomic E-state index is -1.30. The molecule has 0 unspecified atom stereocenters. The minimum Gasteiger partial charge on any atom is -0.870 e. The zero-order valence-corrected chi connectivity index (χ0v) is 25.5. The molecule has 2 aliphatic rings. The van der Waals surface area contributed by atoms with E-state index in [9.17, 15) is 38.4 Å². The van der Waals surface area contributed by atoms with Gasteiger partial charge >= 0.3 is 42.7 Å². The zero-order valence-electron chi connectivity index (χ0n) is 25.5. The van der Waals surface area contributed by atoms with Crippen LogP contribution < -0.4 is 18.9 Å². The molecular formula is C26H39LiN2O13. The number of aliphatic carboxylic acids is 2. The van der Waals surface area contributed by atoms with Gasteiger partial charge in [-0.1, -0.05) is 41.5 Å². The molecule has 2 rings (SSSR count). The topological polar surface area (TPSA) is 232 Å². The molecule has 0 spiro atoms. The van der Waals surface area contributed by atoms with E-state index in [2.05, 4.69) is 9.47 Å². The van der Waals surface area contributed by atoms with Crippen LogP contribution in [0, 0.1) is 10.8 Å². The van der Waals surface area contributed by atoms with Gasteiger partial charge < -0.3 is 35.0 Å². The average molecular weight is 595 g/mol. The first kappa shape index (κ1) is 40.9. The molecule has 3 N–H and O–H groups in total. The predicted molar refractivity (Wildman–Crippen MR) is 137 cm³/mol. The van der Waals surface area contributed by atoms with Crippen molar-refractivity contribution in [3.05, 3.63) is 0 Å². The van der Waals surface area contributed by atoms with Gasteiger partial charge in [0.15, 0.2) is 0 Å². The number of hydrogen-bond donors (Lipinski definition) is 2. The summed E-state index contributed by atoms with van der Waals surface area (Å²) in [6.45, 7) is 9.94. The summed E-state index contributed by atoms with van der Waals surface area (Å²) < 4.78 is 9.18. The van der Waals surface area contributed by atoms with Crippen molar-refractivity contribution in [2.75, 3.05) is 14.2 Å². The number of rotatable bonds is 10. The van der Waals surface area contributed by atoms with Crippen LogP contribution in [0.2, 0.25) is 0 Å². The van der Waals surface area contributed by atoms with E-state index >= 15 is 0 Å². The smallest absolute Gasteiger partial charge is 0.870 e. The Morgan fingerprint density at radius 2 is 0.905 bits per heavy atom. The molecule has 0 aliphatic carbocycles. The summed E-state index contributed by atoms with van der Waals surface area (Å²) >= 11 is 0. The molecule has 2 aliphatic heterocycles. The number of ether oxygens (including phenoxy) is 2. The average Bonchev–Trinajstić information content (AvgIpc) is 2.85. The molecule has 0 saturated carbocycles. The Bertz CT molecular complexity index is 1050. The number of carbonyl (C=O) groups is 8. The minimum absolute atomic E-state index is 0. The number of carboxylic acids is 2. The Morgan fingerprint density at radius 3 is 1.14 bits per heavy atom. The number of nitrogens with zero attached hydrogens (tertiary/aromatic N) is 2. The van der Waals surface area contributed by atoms with Crippen LogP contribution in [0.5, 0.6) is 0 Å². The quantitative estimate of drug-likeness (QED) is 0.149. The second-order valence-corrected chi connectivity index (χ2v) is 10.8. The van der Waals surface area contributed by atoms with Crippen LogP contribution in [0.1, 0.15) is 67.2 Å². The van der Waals surface area contributed by atoms with Gasteiger partial charge in [0.05, 0.1) is 14.2 Å². The van der Waals surface area contributed by atoms with Gasteiger partial charge in [-0.25, -0.2) is 19.2 Å². The molecule has 2 amide bonds. The molecule has 15 nitrogen and oxygen atoms in total. The van der Waals surface area contributed by atoms with Gasteiger partial charge in [-0.15, -0.1) is 0 Å². The second-order valence-electron chi connectivity index (χ2n) is 10.8. The van der Waals surface area contributed by atoms with Crippen molar-refractivity contribution < 1.29 is 82.4 Å². The Kier molecular flexibility index (Phi) is 15.4. The maximum atomic E-state index is 12.4. The molecule has 2 saturated heterocycles. The van der Waals surface area contributed by atoms with Crippen molar-refractivity contribution in [1.82, 2.24) is 9.80 Å². The van der Waals surface area contributed by atoms with Gasteiger partial charge in [-0.3, -0.25) is 19.2 Å². The van der Waals surface area contributed by atoms with E-state index in [4.69, 9.17) is 10.2 Å². The summed E-state index contributed by atoms with van der Waals surface area (Å²) in [6, 6.07) is -4.29. The number of esters is 2. The van der Waals surface area contributed by atoms with Gasteiger partial charge in [0.2, 0.25) is 11.6 Å². The van der Waals surface area contributed by atoms with Crippen LogP contribution in [0.4, 0.5) is 0 Å². The molecule has 0 aromatic heterocycles. The number of carbonyl (C=O) groups excluding carboxylic acids is 6. The standard InChI is InChI=1S/C14H21NO6.C12H17NO6.Li.H2O/c1-6-14(2,3)10(16)11(17)15-8(12(18)20-4)7-9(15)13(19)21-5;1-4-12(2,3)8(14)9(15)13-6(10(16)17)5-7(13)11(18)19;;/h8-9H,6-7H2,1-5H3;6-7H,4-5H2,1-3H3,(H,16,17)(H,18,19);;1H2/q;;+1;/p-1/t8-,9-;6-,7-;;/m00../s1. The van der Waals surface area contributed by atoms with E-state index in [0.29, 0.717) is 17.7 Å². The third-order valence-corrected chi connectivity index (χ3v) is 7.61. The van der Waals surface area contributed by atoms with Crippen LogP contribution in [0.3, 0.4) is 0 Å². The summed E-state index contributed by atoms with van der Waals surface area (Å²) in [5, 5.41) is 17.8. The van der Waals surface area contributed by atoms with E-state index in [-0.39, 0.29) is 37.2 Å². The SMILES string of the molecule is CCC(C)(C)C(=O)C(=O)N1[C@H](C(=O)O)C[C@H]1C(=O)O.CCC(C)(C)C(=O)C(=O)N1[C@H](C(=O)OC)C[C@H]1C(=O)OC.[Li+].[OH-]. The van der Waals surface area contributed by atoms with Crippen molar-refractivity contribution >= 4 is 47.3 Å². The van der Waals surface area contributed by atoms with E-state index in [0.717, 1.165) is 4.90 Å². The number of hydrogen-bond acceptors (Lipinski definition) is 11. The van der Waals surface area contributed by atoms with Gasteiger partial charge in [-0.2, -0.15) is 0 Å². The van der Waals surface area contributed by atoms with Crippen molar-refractivity contribution in [2.45, 2.75) is 91.4 Å². The van der Waals surface area contributed by atoms with Crippen LogP contribution >= 0.6 is 0 Å². The summed E-state index contributed by atoms with van der Waals surface area (Å²) in [4.78, 5) is 95.3. The van der Waals surface area contributed by atoms with E-state index in [1.54, 1.807) is 41.5 Å². The van der Waals surface area contributed by atoms with Crippen LogP contribution in [-0.4, -0.2) is 111 Å². The Labute approximate surface area is 255 Å². The third kappa shape index (κ3) is 8.39. The first-order chi connectivity index (χ1) is 18.3. The Morgan fingerprint density at radius 1 is 0.643 bits per heavy atom. The number of Topliss-reactive ketones (excluding diaryl/α,β-unsaturated/α-hetero) is 2. The summed E-state index contributed by atoms with van der Waals surface area (Å²) in [7, 11) is 2.38. The van der Waals surface area contributed by atoms with E-state index in [1.807, 2.05) is 0 Å². The second kappa shape index (κ2) is 15.8. The first-order valence-electron chi connectivity index (χ1n) is 12.7. The van der Waals surface area contributed by atoms with E-state index in [1.165, 1.54) is 14.2 Å². The third-order valence-electron chi connectivity index (χ3n) is 7.61. The number of methoxy groups -OCH3 is 2. The number of likely N-dealkylation sites (tertiary alicyclic amines) is 2. The number of carboxylic acid groups (broad SMARTS) is 2. The maximum absolute atomic E-state index is 12.4. The Balaban J connectivity index is 0. The van der Waals surface area contributed by atoms with Gasteiger partial charge in [0.25, 0.3) is 11.8 Å². The van der Waals surface area contributed by atoms with Crippen LogP contribution in [-0.2, 0) is 47.8 Å². The van der Waals surface area contributed by atoms with Crippen LogP contribution in [0.15, 0.2) is 0 Å². The maximum Gasteiger partial charge on any atom is 1.00 e. The fourth-order valence-corrected chi connectivity index (χ4v) is 3.87. The van der Waals surface area contributed by atoms with Crippen molar-refractivity contribution in [2.24, 2.45) is 10.8 Å². The monoisotopic (exact) mass is 594 g/mol. The van der Waals surface area contributed by atoms with Crippen molar-refractivity contribution in [1.29, 1.82) is 0 Å². The number of amides is 2. The summed E-state index contributed by atoms with van der Waals surface area (Å²) in [5.74, 6) is -7.16. The van der Waals surface area contributed by atoms with Crippen molar-refractivity contribution in [3.63, 3.8) is 0 Å². The molecule has 0 radical (unpaired) electrons.